The van der Waals surface area contributed by atoms with Gasteiger partial charge in [0, 0.05) is 13.0 Å². The number of nitrogens with zero attached hydrogens (tertiary/aromatic N) is 1. The maximum Gasteiger partial charge on any atom is 0.240 e. The first-order valence-electron chi connectivity index (χ1n) is 7.91. The molecule has 3 N–H and O–H groups in total. The minimum Gasteiger partial charge on any atom is -0.352 e. The van der Waals surface area contributed by atoms with Crippen LogP contribution < -0.4 is 11.1 Å². The Morgan fingerprint density at radius 1 is 1.35 bits per heavy atom. The van der Waals surface area contributed by atoms with E-state index in [1.165, 1.54) is 19.1 Å². The molecule has 0 saturated carbocycles. The average molecular weight is 321 g/mol. The highest BCUT2D eigenvalue weighted by Crippen LogP contribution is 2.38. The molecule has 1 fully saturated rings. The summed E-state index contributed by atoms with van der Waals surface area (Å²) in [5, 5.41) is 2.84. The van der Waals surface area contributed by atoms with E-state index in [1.54, 1.807) is 17.9 Å². The predicted octanol–water partition coefficient (Wildman–Crippen LogP) is 1.73. The van der Waals surface area contributed by atoms with Gasteiger partial charge >= 0.3 is 0 Å². The minimum atomic E-state index is -0.642. The number of hydrogen-bond donors (Lipinski definition) is 2. The van der Waals surface area contributed by atoms with Crippen LogP contribution in [-0.4, -0.2) is 34.8 Å². The molecule has 4 atom stereocenters. The van der Waals surface area contributed by atoms with Crippen LogP contribution in [0, 0.1) is 5.82 Å². The summed E-state index contributed by atoms with van der Waals surface area (Å²) in [6.07, 6.45) is 1.46. The number of amides is 2. The van der Waals surface area contributed by atoms with Gasteiger partial charge in [0.15, 0.2) is 0 Å². The molecule has 2 amide bonds. The van der Waals surface area contributed by atoms with Gasteiger partial charge in [0.1, 0.15) is 5.82 Å². The van der Waals surface area contributed by atoms with Crippen LogP contribution in [-0.2, 0) is 9.59 Å². The van der Waals surface area contributed by atoms with E-state index in [4.69, 9.17) is 5.73 Å². The van der Waals surface area contributed by atoms with Gasteiger partial charge in [-0.1, -0.05) is 12.1 Å². The van der Waals surface area contributed by atoms with Gasteiger partial charge in [-0.3, -0.25) is 9.59 Å². The third-order valence-corrected chi connectivity index (χ3v) is 4.31. The van der Waals surface area contributed by atoms with E-state index in [2.05, 4.69) is 5.32 Å². The Bertz CT molecular complexity index is 591. The van der Waals surface area contributed by atoms with Crippen LogP contribution in [0.4, 0.5) is 4.39 Å². The van der Waals surface area contributed by atoms with Crippen LogP contribution in [0.2, 0.25) is 0 Å². The molecule has 0 radical (unpaired) electrons. The summed E-state index contributed by atoms with van der Waals surface area (Å²) < 4.78 is 13.5. The second-order valence-corrected chi connectivity index (χ2v) is 6.24. The summed E-state index contributed by atoms with van der Waals surface area (Å²) in [4.78, 5) is 25.7. The number of nitrogens with two attached hydrogens (primary N) is 1. The van der Waals surface area contributed by atoms with Gasteiger partial charge in [0.25, 0.3) is 0 Å². The Labute approximate surface area is 136 Å². The van der Waals surface area contributed by atoms with Crippen molar-refractivity contribution in [2.24, 2.45) is 5.73 Å². The first-order valence-corrected chi connectivity index (χ1v) is 7.91. The maximum absolute atomic E-state index is 13.5. The van der Waals surface area contributed by atoms with E-state index in [0.717, 1.165) is 18.4 Å². The largest absolute Gasteiger partial charge is 0.352 e. The molecule has 1 heterocycles. The molecule has 1 aliphatic heterocycles. The van der Waals surface area contributed by atoms with Gasteiger partial charge in [-0.05, 0) is 44.4 Å². The summed E-state index contributed by atoms with van der Waals surface area (Å²) in [6, 6.07) is 5.11. The summed E-state index contributed by atoms with van der Waals surface area (Å²) >= 11 is 0. The van der Waals surface area contributed by atoms with Crippen LogP contribution in [0.3, 0.4) is 0 Å². The van der Waals surface area contributed by atoms with Crippen molar-refractivity contribution in [3.63, 3.8) is 0 Å². The second-order valence-electron chi connectivity index (χ2n) is 6.24. The quantitative estimate of drug-likeness (QED) is 0.887. The van der Waals surface area contributed by atoms with Crippen molar-refractivity contribution in [3.8, 4) is 0 Å². The molecule has 2 unspecified atom stereocenters. The molecule has 0 aromatic heterocycles. The van der Waals surface area contributed by atoms with Crippen molar-refractivity contribution < 1.29 is 14.0 Å². The standard InChI is InChI=1S/C17H24FN3O2/c1-10(19)17(23)21-15(11(2)20-12(3)22)7-8-16(21)13-5-4-6-14(18)9-13/h4-6,9-11,15-16H,7-8,19H2,1-3H3,(H,20,22)/t10?,11?,15-,16+/m1/s1. The lowest BCUT2D eigenvalue weighted by Crippen LogP contribution is -2.53. The van der Waals surface area contributed by atoms with Gasteiger partial charge < -0.3 is 16.0 Å². The average Bonchev–Trinajstić information content (AvgIpc) is 2.90. The van der Waals surface area contributed by atoms with Gasteiger partial charge in [-0.15, -0.1) is 0 Å². The monoisotopic (exact) mass is 321 g/mol. The zero-order valence-electron chi connectivity index (χ0n) is 13.8. The molecule has 1 saturated heterocycles. The fourth-order valence-corrected chi connectivity index (χ4v) is 3.34. The van der Waals surface area contributed by atoms with E-state index in [1.807, 2.05) is 13.0 Å². The predicted molar refractivity (Wildman–Crippen MR) is 85.9 cm³/mol. The number of nitrogens with one attached hydrogen (secondary N) is 1. The van der Waals surface area contributed by atoms with Crippen molar-refractivity contribution in [1.82, 2.24) is 10.2 Å². The van der Waals surface area contributed by atoms with E-state index in [0.29, 0.717) is 0 Å². The summed E-state index contributed by atoms with van der Waals surface area (Å²) in [5.74, 6) is -0.645. The number of rotatable bonds is 4. The third-order valence-electron chi connectivity index (χ3n) is 4.31. The molecule has 6 heteroatoms. The molecule has 1 aromatic rings. The fraction of sp³-hybridized carbons (Fsp3) is 0.529. The summed E-state index contributed by atoms with van der Waals surface area (Å²) in [5.41, 5.74) is 6.56. The van der Waals surface area contributed by atoms with Gasteiger partial charge in [0.2, 0.25) is 11.8 Å². The zero-order chi connectivity index (χ0) is 17.1. The lowest BCUT2D eigenvalue weighted by atomic mass is 10.0. The number of likely N-dealkylation sites (tertiary alicyclic amines) is 1. The van der Waals surface area contributed by atoms with Crippen LogP contribution in [0.1, 0.15) is 45.2 Å². The molecule has 2 rings (SSSR count). The lowest BCUT2D eigenvalue weighted by Gasteiger charge is -2.35. The Hall–Kier alpha value is -1.95. The van der Waals surface area contributed by atoms with Gasteiger partial charge in [-0.25, -0.2) is 4.39 Å². The molecule has 0 bridgehead atoms. The van der Waals surface area contributed by atoms with Crippen molar-refractivity contribution in [3.05, 3.63) is 35.6 Å². The first-order chi connectivity index (χ1) is 10.8. The Kier molecular flexibility index (Phi) is 5.36. The maximum atomic E-state index is 13.5. The highest BCUT2D eigenvalue weighted by Gasteiger charge is 2.41. The van der Waals surface area contributed by atoms with Crippen LogP contribution >= 0.6 is 0 Å². The van der Waals surface area contributed by atoms with E-state index < -0.39 is 6.04 Å². The first kappa shape index (κ1) is 17.4. The van der Waals surface area contributed by atoms with Crippen LogP contribution in [0.25, 0.3) is 0 Å². The Morgan fingerprint density at radius 2 is 2.04 bits per heavy atom. The number of halogens is 1. The van der Waals surface area contributed by atoms with Gasteiger partial charge in [0.05, 0.1) is 18.1 Å². The Balaban J connectivity index is 2.32. The number of carbonyl (C=O) groups excluding carboxylic acids is 2. The Morgan fingerprint density at radius 3 is 2.61 bits per heavy atom. The topological polar surface area (TPSA) is 75.4 Å². The highest BCUT2D eigenvalue weighted by atomic mass is 19.1. The highest BCUT2D eigenvalue weighted by molar-refractivity contribution is 5.82. The summed E-state index contributed by atoms with van der Waals surface area (Å²) in [6.45, 7) is 4.97. The molecule has 1 aromatic carbocycles. The third kappa shape index (κ3) is 3.88. The second kappa shape index (κ2) is 7.08. The van der Waals surface area contributed by atoms with Crippen molar-refractivity contribution in [1.29, 1.82) is 0 Å². The number of hydrogen-bond acceptors (Lipinski definition) is 3. The number of benzene rings is 1. The molecule has 0 aliphatic carbocycles. The van der Waals surface area contributed by atoms with Crippen LogP contribution in [0.15, 0.2) is 24.3 Å². The van der Waals surface area contributed by atoms with Crippen molar-refractivity contribution in [2.75, 3.05) is 0 Å². The van der Waals surface area contributed by atoms with Crippen LogP contribution in [0.5, 0.6) is 0 Å². The molecule has 23 heavy (non-hydrogen) atoms. The fourth-order valence-electron chi connectivity index (χ4n) is 3.34. The molecule has 126 valence electrons. The van der Waals surface area contributed by atoms with Gasteiger partial charge in [-0.2, -0.15) is 0 Å². The molecular weight excluding hydrogens is 297 g/mol. The summed E-state index contributed by atoms with van der Waals surface area (Å²) in [7, 11) is 0. The molecule has 0 spiro atoms. The van der Waals surface area contributed by atoms with E-state index in [-0.39, 0.29) is 35.8 Å². The van der Waals surface area contributed by atoms with Crippen molar-refractivity contribution >= 4 is 11.8 Å². The van der Waals surface area contributed by atoms with E-state index >= 15 is 0 Å². The molecular formula is C17H24FN3O2. The van der Waals surface area contributed by atoms with E-state index in [9.17, 15) is 14.0 Å². The SMILES string of the molecule is CC(=O)NC(C)[C@H]1CC[C@@H](c2cccc(F)c2)N1C(=O)C(C)N. The lowest BCUT2D eigenvalue weighted by molar-refractivity contribution is -0.136. The molecule has 5 nitrogen and oxygen atoms in total. The smallest absolute Gasteiger partial charge is 0.240 e. The van der Waals surface area contributed by atoms with Crippen molar-refractivity contribution in [2.45, 2.75) is 57.8 Å². The zero-order valence-corrected chi connectivity index (χ0v) is 13.8. The normalized spacial score (nSPS) is 23.4. The molecule has 1 aliphatic rings. The number of carbonyl (C=O) groups is 2. The minimum absolute atomic E-state index is 0.139.